The Morgan fingerprint density at radius 2 is 0.778 bits per heavy atom. The summed E-state index contributed by atoms with van der Waals surface area (Å²) in [5.74, 6) is -41.3. The molecule has 1 saturated carbocycles. The Hall–Kier alpha value is -1.14. The molecule has 162 valence electrons. The lowest BCUT2D eigenvalue weighted by Crippen LogP contribution is -2.90. The van der Waals surface area contributed by atoms with Gasteiger partial charge in [-0.2, -0.15) is 65.5 Å². The first-order valence-corrected chi connectivity index (χ1v) is 6.99. The van der Waals surface area contributed by atoms with Crippen LogP contribution in [0.25, 0.3) is 0 Å². The molecule has 0 bridgehead atoms. The molecule has 3 nitrogen and oxygen atoms in total. The Kier molecular flexibility index (Phi) is 4.48. The third-order valence-corrected chi connectivity index (χ3v) is 4.83. The van der Waals surface area contributed by atoms with Crippen molar-refractivity contribution in [2.75, 3.05) is 0 Å². The number of rotatable bonds is 2. The summed E-state index contributed by atoms with van der Waals surface area (Å²) in [5, 5.41) is -8.30. The fraction of sp³-hybridized carbons (Fsp3) is 1.00. The van der Waals surface area contributed by atoms with E-state index in [9.17, 15) is 74.3 Å². The lowest BCUT2D eigenvalue weighted by molar-refractivity contribution is -0.502. The Morgan fingerprint density at radius 1 is 0.556 bits per heavy atom. The highest BCUT2D eigenvalue weighted by Gasteiger charge is 3.08. The van der Waals surface area contributed by atoms with Crippen LogP contribution in [0.15, 0.2) is 0 Å². The zero-order chi connectivity index (χ0) is 22.5. The van der Waals surface area contributed by atoms with Crippen LogP contribution in [0, 0.1) is 0 Å². The van der Waals surface area contributed by atoms with Gasteiger partial charge in [-0.05, 0) is 0 Å². The van der Waals surface area contributed by atoms with E-state index in [2.05, 4.69) is 0 Å². The highest BCUT2D eigenvalue weighted by Crippen LogP contribution is 2.74. The molecule has 0 spiro atoms. The molecule has 0 aromatic carbocycles. The molecule has 0 aromatic rings. The van der Waals surface area contributed by atoms with E-state index in [1.807, 2.05) is 0 Å². The number of hydrogen-bond donors (Lipinski definition) is 1. The molecular formula is C8HF15O3S. The minimum Gasteiger partial charge on any atom is -0.283 e. The summed E-state index contributed by atoms with van der Waals surface area (Å²) in [7, 11) is -8.40. The van der Waals surface area contributed by atoms with Crippen LogP contribution in [0.2, 0.25) is 0 Å². The normalized spacial score (nSPS) is 30.4. The third-order valence-electron chi connectivity index (χ3n) is 3.61. The first-order valence-electron chi connectivity index (χ1n) is 5.55. The van der Waals surface area contributed by atoms with Gasteiger partial charge < -0.3 is 0 Å². The Morgan fingerprint density at radius 3 is 0.963 bits per heavy atom. The van der Waals surface area contributed by atoms with Crippen LogP contribution in [-0.4, -0.2) is 59.4 Å². The summed E-state index contributed by atoms with van der Waals surface area (Å²) >= 11 is 0. The van der Waals surface area contributed by atoms with Crippen LogP contribution in [0.5, 0.6) is 0 Å². The zero-order valence-corrected chi connectivity index (χ0v) is 12.2. The van der Waals surface area contributed by atoms with Crippen LogP contribution >= 0.6 is 0 Å². The largest absolute Gasteiger partial charge is 0.443 e. The molecule has 0 amide bonds. The van der Waals surface area contributed by atoms with Crippen molar-refractivity contribution < 1.29 is 78.8 Å². The fourth-order valence-electron chi connectivity index (χ4n) is 2.14. The van der Waals surface area contributed by atoms with Gasteiger partial charge in [0.2, 0.25) is 0 Å². The van der Waals surface area contributed by atoms with Gasteiger partial charge in [-0.1, -0.05) is 0 Å². The minimum atomic E-state index is -8.66. The van der Waals surface area contributed by atoms with Crippen molar-refractivity contribution in [3.63, 3.8) is 0 Å². The smallest absolute Gasteiger partial charge is 0.283 e. The van der Waals surface area contributed by atoms with Crippen molar-refractivity contribution >= 4 is 10.1 Å². The molecule has 0 radical (unpaired) electrons. The SMILES string of the molecule is O=S(=O)(O)C(F)(C(F)(F)F)C1(F)C(F)(F)C(F)(F)C(F)(F)C(F)(F)C1(F)F. The van der Waals surface area contributed by atoms with E-state index < -0.39 is 56.6 Å². The minimum absolute atomic E-state index is 8.01. The Labute approximate surface area is 136 Å². The van der Waals surface area contributed by atoms with Gasteiger partial charge in [0.05, 0.1) is 0 Å². The average Bonchev–Trinajstić information content (AvgIpc) is 2.40. The summed E-state index contributed by atoms with van der Waals surface area (Å²) < 4.78 is 226. The second kappa shape index (κ2) is 5.07. The van der Waals surface area contributed by atoms with Crippen LogP contribution in [0.1, 0.15) is 0 Å². The van der Waals surface area contributed by atoms with E-state index in [0.717, 1.165) is 0 Å². The molecule has 27 heavy (non-hydrogen) atoms. The summed E-state index contributed by atoms with van der Waals surface area (Å²) in [6.45, 7) is 0. The van der Waals surface area contributed by atoms with Crippen molar-refractivity contribution in [2.45, 2.75) is 46.5 Å². The number of alkyl halides is 15. The maximum Gasteiger partial charge on any atom is 0.443 e. The van der Waals surface area contributed by atoms with Gasteiger partial charge in [0.15, 0.2) is 0 Å². The summed E-state index contributed by atoms with van der Waals surface area (Å²) in [6, 6.07) is 0. The van der Waals surface area contributed by atoms with Crippen molar-refractivity contribution in [2.24, 2.45) is 0 Å². The van der Waals surface area contributed by atoms with E-state index in [0.29, 0.717) is 0 Å². The van der Waals surface area contributed by atoms with Crippen molar-refractivity contribution in [3.8, 4) is 0 Å². The number of hydrogen-bond acceptors (Lipinski definition) is 2. The second-order valence-electron chi connectivity index (χ2n) is 5.10. The summed E-state index contributed by atoms with van der Waals surface area (Å²) in [6.07, 6.45) is -8.07. The topological polar surface area (TPSA) is 54.4 Å². The molecule has 1 fully saturated rings. The van der Waals surface area contributed by atoms with Crippen molar-refractivity contribution in [1.82, 2.24) is 0 Å². The van der Waals surface area contributed by atoms with E-state index in [1.165, 1.54) is 0 Å². The monoisotopic (exact) mass is 462 g/mol. The standard InChI is InChI=1S/C8HF15O3S/c9-1(7(20,8(21,22)23)27(24,25)26)2(10,11)4(14,15)6(18,19)5(16,17)3(1,12)13/h(H,24,25,26). The molecule has 0 aliphatic heterocycles. The molecule has 0 aromatic heterocycles. The Balaban J connectivity index is 4.33. The Bertz CT molecular complexity index is 707. The van der Waals surface area contributed by atoms with Gasteiger partial charge >= 0.3 is 56.6 Å². The fourth-order valence-corrected chi connectivity index (χ4v) is 3.05. The van der Waals surface area contributed by atoms with E-state index in [-0.39, 0.29) is 0 Å². The maximum absolute atomic E-state index is 14.1. The van der Waals surface area contributed by atoms with Crippen LogP contribution in [0.3, 0.4) is 0 Å². The molecule has 1 aliphatic carbocycles. The molecule has 1 unspecified atom stereocenters. The first kappa shape index (κ1) is 23.9. The van der Waals surface area contributed by atoms with Gasteiger partial charge in [0, 0.05) is 0 Å². The van der Waals surface area contributed by atoms with Crippen molar-refractivity contribution in [3.05, 3.63) is 0 Å². The lowest BCUT2D eigenvalue weighted by atomic mass is 9.69. The average molecular weight is 462 g/mol. The van der Waals surface area contributed by atoms with Gasteiger partial charge in [0.1, 0.15) is 0 Å². The van der Waals surface area contributed by atoms with Gasteiger partial charge in [0.25, 0.3) is 0 Å². The van der Waals surface area contributed by atoms with Gasteiger partial charge in [-0.15, -0.1) is 0 Å². The summed E-state index contributed by atoms with van der Waals surface area (Å²) in [5.41, 5.74) is -8.66. The second-order valence-corrected chi connectivity index (χ2v) is 6.61. The molecule has 19 heteroatoms. The lowest BCUT2D eigenvalue weighted by Gasteiger charge is -2.55. The third kappa shape index (κ3) is 2.04. The zero-order valence-electron chi connectivity index (χ0n) is 11.3. The highest BCUT2D eigenvalue weighted by molar-refractivity contribution is 7.87. The molecule has 1 N–H and O–H groups in total. The molecule has 0 heterocycles. The van der Waals surface area contributed by atoms with E-state index in [1.54, 1.807) is 0 Å². The van der Waals surface area contributed by atoms with Crippen LogP contribution in [-0.2, 0) is 10.1 Å². The summed E-state index contributed by atoms with van der Waals surface area (Å²) in [4.78, 5) is 0. The molecule has 1 aliphatic rings. The van der Waals surface area contributed by atoms with Gasteiger partial charge in [-0.25, -0.2) is 8.78 Å². The predicted octanol–water partition coefficient (Wildman–Crippen LogP) is 4.00. The van der Waals surface area contributed by atoms with Crippen LogP contribution < -0.4 is 0 Å². The van der Waals surface area contributed by atoms with Crippen LogP contribution in [0.4, 0.5) is 65.9 Å². The predicted molar refractivity (Wildman–Crippen MR) is 50.0 cm³/mol. The molecule has 0 saturated heterocycles. The van der Waals surface area contributed by atoms with E-state index in [4.69, 9.17) is 4.55 Å². The highest BCUT2D eigenvalue weighted by atomic mass is 32.2. The number of halogens is 15. The maximum atomic E-state index is 14.1. The molecule has 1 atom stereocenters. The molecular weight excluding hydrogens is 461 g/mol. The quantitative estimate of drug-likeness (QED) is 0.499. The van der Waals surface area contributed by atoms with E-state index >= 15 is 0 Å². The first-order chi connectivity index (χ1) is 11.2. The van der Waals surface area contributed by atoms with Gasteiger partial charge in [-0.3, -0.25) is 4.55 Å². The molecule has 1 rings (SSSR count). The van der Waals surface area contributed by atoms with Crippen molar-refractivity contribution in [1.29, 1.82) is 0 Å².